The minimum atomic E-state index is -0.994. The van der Waals surface area contributed by atoms with Crippen molar-refractivity contribution in [2.75, 3.05) is 19.8 Å². The zero-order valence-corrected chi connectivity index (χ0v) is 13.4. The average molecular weight is 320 g/mol. The minimum Gasteiger partial charge on any atom is -0.490 e. The van der Waals surface area contributed by atoms with Gasteiger partial charge < -0.3 is 14.8 Å². The van der Waals surface area contributed by atoms with Crippen LogP contribution in [0.3, 0.4) is 0 Å². The largest absolute Gasteiger partial charge is 0.490 e. The van der Waals surface area contributed by atoms with Crippen LogP contribution in [0.5, 0.6) is 5.75 Å². The molecule has 0 bridgehead atoms. The molecule has 0 aromatic heterocycles. The summed E-state index contributed by atoms with van der Waals surface area (Å²) >= 11 is 0. The van der Waals surface area contributed by atoms with Crippen LogP contribution < -0.4 is 10.1 Å². The summed E-state index contributed by atoms with van der Waals surface area (Å²) in [5, 5.41) is 2.50. The van der Waals surface area contributed by atoms with E-state index in [2.05, 4.69) is 5.32 Å². The lowest BCUT2D eigenvalue weighted by Crippen LogP contribution is -2.41. The molecule has 0 atom stereocenters. The van der Waals surface area contributed by atoms with Gasteiger partial charge >= 0.3 is 12.0 Å². The zero-order valence-electron chi connectivity index (χ0n) is 13.4. The summed E-state index contributed by atoms with van der Waals surface area (Å²) in [4.78, 5) is 36.1. The molecule has 7 heteroatoms. The molecule has 2 rings (SSSR count). The summed E-state index contributed by atoms with van der Waals surface area (Å²) in [5.74, 6) is -0.420. The number of carbonyl (C=O) groups excluding carboxylic acids is 3. The standard InChI is InChI=1S/C16H20N2O5/c1-11-4-6-12(7-5-11)22-8-9-23-13(19)10-18-14(20)16(2,3)17-15(18)21/h4-7H,8-10H2,1-3H3,(H,17,21). The molecule has 3 amide bonds. The number of hydrogen-bond acceptors (Lipinski definition) is 5. The number of urea groups is 1. The number of carbonyl (C=O) groups is 3. The van der Waals surface area contributed by atoms with Gasteiger partial charge in [-0.2, -0.15) is 0 Å². The first-order valence-electron chi connectivity index (χ1n) is 7.29. The Balaban J connectivity index is 1.72. The Hall–Kier alpha value is -2.57. The van der Waals surface area contributed by atoms with E-state index in [-0.39, 0.29) is 13.2 Å². The molecule has 1 aliphatic heterocycles. The van der Waals surface area contributed by atoms with Gasteiger partial charge in [0.15, 0.2) is 0 Å². The number of nitrogens with zero attached hydrogens (tertiary/aromatic N) is 1. The molecular weight excluding hydrogens is 300 g/mol. The van der Waals surface area contributed by atoms with Crippen LogP contribution in [0.15, 0.2) is 24.3 Å². The summed E-state index contributed by atoms with van der Waals surface area (Å²) in [6.07, 6.45) is 0. The molecule has 7 nitrogen and oxygen atoms in total. The molecule has 23 heavy (non-hydrogen) atoms. The van der Waals surface area contributed by atoms with Crippen molar-refractivity contribution in [2.24, 2.45) is 0 Å². The van der Waals surface area contributed by atoms with Crippen LogP contribution in [-0.2, 0) is 14.3 Å². The van der Waals surface area contributed by atoms with Gasteiger partial charge in [0, 0.05) is 0 Å². The maximum atomic E-state index is 11.9. The predicted molar refractivity (Wildman–Crippen MR) is 82.0 cm³/mol. The molecule has 0 radical (unpaired) electrons. The number of aryl methyl sites for hydroxylation is 1. The van der Waals surface area contributed by atoms with E-state index < -0.39 is 30.0 Å². The first-order valence-corrected chi connectivity index (χ1v) is 7.29. The van der Waals surface area contributed by atoms with E-state index in [0.29, 0.717) is 5.75 Å². The Morgan fingerprint density at radius 2 is 1.83 bits per heavy atom. The Kier molecular flexibility index (Phi) is 4.88. The lowest BCUT2D eigenvalue weighted by atomic mass is 10.1. The molecule has 0 spiro atoms. The van der Waals surface area contributed by atoms with E-state index in [4.69, 9.17) is 9.47 Å². The molecule has 124 valence electrons. The first kappa shape index (κ1) is 16.8. The quantitative estimate of drug-likeness (QED) is 0.484. The van der Waals surface area contributed by atoms with Gasteiger partial charge in [-0.3, -0.25) is 14.5 Å². The number of nitrogens with one attached hydrogen (secondary N) is 1. The fourth-order valence-corrected chi connectivity index (χ4v) is 2.09. The van der Waals surface area contributed by atoms with Crippen LogP contribution in [-0.4, -0.2) is 48.1 Å². The van der Waals surface area contributed by atoms with Gasteiger partial charge in [0.05, 0.1) is 0 Å². The monoisotopic (exact) mass is 320 g/mol. The lowest BCUT2D eigenvalue weighted by molar-refractivity contribution is -0.148. The summed E-state index contributed by atoms with van der Waals surface area (Å²) in [6.45, 7) is 4.96. The molecule has 1 aromatic carbocycles. The van der Waals surface area contributed by atoms with Crippen molar-refractivity contribution in [1.82, 2.24) is 10.2 Å². The number of esters is 1. The van der Waals surface area contributed by atoms with Crippen molar-refractivity contribution in [3.8, 4) is 5.75 Å². The van der Waals surface area contributed by atoms with Crippen LogP contribution in [0.25, 0.3) is 0 Å². The lowest BCUT2D eigenvalue weighted by Gasteiger charge is -2.15. The van der Waals surface area contributed by atoms with Crippen LogP contribution in [0.2, 0.25) is 0 Å². The van der Waals surface area contributed by atoms with Gasteiger partial charge in [0.2, 0.25) is 0 Å². The number of hydrogen-bond donors (Lipinski definition) is 1. The molecule has 1 aliphatic rings. The number of ether oxygens (including phenoxy) is 2. The number of rotatable bonds is 6. The third-order valence-electron chi connectivity index (χ3n) is 3.37. The van der Waals surface area contributed by atoms with Gasteiger partial charge in [-0.05, 0) is 32.9 Å². The van der Waals surface area contributed by atoms with Gasteiger partial charge in [0.1, 0.15) is 31.0 Å². The van der Waals surface area contributed by atoms with Crippen molar-refractivity contribution < 1.29 is 23.9 Å². The smallest absolute Gasteiger partial charge is 0.326 e. The van der Waals surface area contributed by atoms with Crippen LogP contribution in [0.4, 0.5) is 4.79 Å². The van der Waals surface area contributed by atoms with Crippen LogP contribution >= 0.6 is 0 Å². The second kappa shape index (κ2) is 6.68. The van der Waals surface area contributed by atoms with Crippen molar-refractivity contribution in [1.29, 1.82) is 0 Å². The predicted octanol–water partition coefficient (Wildman–Crippen LogP) is 1.25. The summed E-state index contributed by atoms with van der Waals surface area (Å²) in [5.41, 5.74) is 0.131. The minimum absolute atomic E-state index is 0.0414. The topological polar surface area (TPSA) is 84.9 Å². The van der Waals surface area contributed by atoms with E-state index in [1.54, 1.807) is 13.8 Å². The molecule has 1 saturated heterocycles. The van der Waals surface area contributed by atoms with Crippen molar-refractivity contribution in [2.45, 2.75) is 26.3 Å². The average Bonchev–Trinajstić information content (AvgIpc) is 2.67. The Bertz CT molecular complexity index is 609. The summed E-state index contributed by atoms with van der Waals surface area (Å²) < 4.78 is 10.4. The Morgan fingerprint density at radius 1 is 1.17 bits per heavy atom. The van der Waals surface area contributed by atoms with E-state index >= 15 is 0 Å². The highest BCUT2D eigenvalue weighted by molar-refractivity contribution is 6.08. The van der Waals surface area contributed by atoms with E-state index in [1.165, 1.54) is 0 Å². The molecule has 0 unspecified atom stereocenters. The fourth-order valence-electron chi connectivity index (χ4n) is 2.09. The molecule has 1 aromatic rings. The molecule has 1 N–H and O–H groups in total. The van der Waals surface area contributed by atoms with Crippen molar-refractivity contribution >= 4 is 17.9 Å². The molecule has 0 aliphatic carbocycles. The van der Waals surface area contributed by atoms with Gasteiger partial charge in [-0.1, -0.05) is 17.7 Å². The Labute approximate surface area is 134 Å². The maximum absolute atomic E-state index is 11.9. The van der Waals surface area contributed by atoms with Crippen molar-refractivity contribution in [3.05, 3.63) is 29.8 Å². The number of benzene rings is 1. The highest BCUT2D eigenvalue weighted by atomic mass is 16.6. The van der Waals surface area contributed by atoms with E-state index in [9.17, 15) is 14.4 Å². The van der Waals surface area contributed by atoms with Gasteiger partial charge in [-0.25, -0.2) is 4.79 Å². The zero-order chi connectivity index (χ0) is 17.0. The van der Waals surface area contributed by atoms with E-state index in [0.717, 1.165) is 10.5 Å². The van der Waals surface area contributed by atoms with Gasteiger partial charge in [0.25, 0.3) is 5.91 Å². The summed E-state index contributed by atoms with van der Waals surface area (Å²) in [6, 6.07) is 6.90. The SMILES string of the molecule is Cc1ccc(OCCOC(=O)CN2C(=O)NC(C)(C)C2=O)cc1. The highest BCUT2D eigenvalue weighted by Gasteiger charge is 2.45. The second-order valence-electron chi connectivity index (χ2n) is 5.83. The summed E-state index contributed by atoms with van der Waals surface area (Å²) in [7, 11) is 0. The molecule has 1 heterocycles. The normalized spacial score (nSPS) is 16.2. The number of amides is 3. The molecular formula is C16H20N2O5. The van der Waals surface area contributed by atoms with Gasteiger partial charge in [-0.15, -0.1) is 0 Å². The Morgan fingerprint density at radius 3 is 2.39 bits per heavy atom. The second-order valence-corrected chi connectivity index (χ2v) is 5.83. The maximum Gasteiger partial charge on any atom is 0.326 e. The van der Waals surface area contributed by atoms with E-state index in [1.807, 2.05) is 31.2 Å². The highest BCUT2D eigenvalue weighted by Crippen LogP contribution is 2.16. The molecule has 1 fully saturated rings. The third kappa shape index (κ3) is 4.21. The number of imide groups is 1. The van der Waals surface area contributed by atoms with Crippen LogP contribution in [0, 0.1) is 6.92 Å². The fraction of sp³-hybridized carbons (Fsp3) is 0.438. The van der Waals surface area contributed by atoms with Crippen molar-refractivity contribution in [3.63, 3.8) is 0 Å². The third-order valence-corrected chi connectivity index (χ3v) is 3.37. The molecule has 0 saturated carbocycles. The van der Waals surface area contributed by atoms with Crippen LogP contribution in [0.1, 0.15) is 19.4 Å². The first-order chi connectivity index (χ1) is 10.8.